The van der Waals surface area contributed by atoms with Crippen LogP contribution < -0.4 is 5.32 Å². The molecular weight excluding hydrogens is 196 g/mol. The summed E-state index contributed by atoms with van der Waals surface area (Å²) in [7, 11) is 1.89. The molecule has 0 spiro atoms. The fourth-order valence-corrected chi connectivity index (χ4v) is 1.59. The van der Waals surface area contributed by atoms with E-state index in [1.165, 1.54) is 0 Å². The van der Waals surface area contributed by atoms with E-state index >= 15 is 0 Å². The Hall–Kier alpha value is -0.960. The van der Waals surface area contributed by atoms with Crippen molar-refractivity contribution in [3.05, 3.63) is 35.4 Å². The maximum atomic E-state index is 13.2. The van der Waals surface area contributed by atoms with Crippen molar-refractivity contribution in [3.8, 4) is 0 Å². The van der Waals surface area contributed by atoms with Crippen LogP contribution in [0.4, 0.5) is 8.78 Å². The number of rotatable bonds is 5. The van der Waals surface area contributed by atoms with Crippen LogP contribution in [-0.4, -0.2) is 13.6 Å². The predicted molar refractivity (Wildman–Crippen MR) is 57.8 cm³/mol. The Kier molecular flexibility index (Phi) is 4.69. The highest BCUT2D eigenvalue weighted by Crippen LogP contribution is 2.15. The van der Waals surface area contributed by atoms with Crippen LogP contribution in [0, 0.1) is 17.6 Å². The minimum Gasteiger partial charge on any atom is -0.319 e. The van der Waals surface area contributed by atoms with E-state index in [2.05, 4.69) is 12.2 Å². The molecule has 0 amide bonds. The summed E-state index contributed by atoms with van der Waals surface area (Å²) < 4.78 is 26.1. The molecule has 84 valence electrons. The molecule has 0 radical (unpaired) electrons. The van der Waals surface area contributed by atoms with Crippen LogP contribution >= 0.6 is 0 Å². The van der Waals surface area contributed by atoms with Gasteiger partial charge in [-0.3, -0.25) is 0 Å². The van der Waals surface area contributed by atoms with Crippen LogP contribution in [0.5, 0.6) is 0 Å². The van der Waals surface area contributed by atoms with Gasteiger partial charge >= 0.3 is 0 Å². The lowest BCUT2D eigenvalue weighted by molar-refractivity contribution is 0.475. The third kappa shape index (κ3) is 3.59. The summed E-state index contributed by atoms with van der Waals surface area (Å²) in [6, 6.07) is 4.34. The largest absolute Gasteiger partial charge is 0.319 e. The van der Waals surface area contributed by atoms with E-state index in [4.69, 9.17) is 0 Å². The van der Waals surface area contributed by atoms with Crippen LogP contribution in [0.2, 0.25) is 0 Å². The van der Waals surface area contributed by atoms with Gasteiger partial charge in [-0.15, -0.1) is 0 Å². The topological polar surface area (TPSA) is 12.0 Å². The van der Waals surface area contributed by atoms with Crippen LogP contribution in [0.1, 0.15) is 18.9 Å². The summed E-state index contributed by atoms with van der Waals surface area (Å²) in [5, 5.41) is 3.06. The van der Waals surface area contributed by atoms with Crippen molar-refractivity contribution >= 4 is 0 Å². The molecule has 0 saturated heterocycles. The minimum atomic E-state index is -0.756. The van der Waals surface area contributed by atoms with Crippen molar-refractivity contribution < 1.29 is 8.78 Å². The second kappa shape index (κ2) is 5.81. The van der Waals surface area contributed by atoms with Crippen molar-refractivity contribution in [3.63, 3.8) is 0 Å². The molecule has 0 saturated carbocycles. The first kappa shape index (κ1) is 12.1. The summed E-state index contributed by atoms with van der Waals surface area (Å²) >= 11 is 0. The third-order valence-corrected chi connectivity index (χ3v) is 2.49. The molecular formula is C12H17F2N. The van der Waals surface area contributed by atoms with E-state index in [0.717, 1.165) is 19.0 Å². The van der Waals surface area contributed by atoms with Gasteiger partial charge in [0.15, 0.2) is 11.6 Å². The lowest BCUT2D eigenvalue weighted by atomic mass is 10.0. The number of hydrogen-bond acceptors (Lipinski definition) is 1. The summed E-state index contributed by atoms with van der Waals surface area (Å²) in [5.41, 5.74) is 0.470. The number of halogens is 2. The van der Waals surface area contributed by atoms with Gasteiger partial charge in [-0.05, 0) is 44.0 Å². The number of benzene rings is 1. The molecule has 1 aromatic carbocycles. The molecule has 3 heteroatoms. The van der Waals surface area contributed by atoms with Crippen LogP contribution in [0.3, 0.4) is 0 Å². The molecule has 1 rings (SSSR count). The van der Waals surface area contributed by atoms with Gasteiger partial charge < -0.3 is 5.32 Å². The molecule has 1 nitrogen and oxygen atoms in total. The number of nitrogens with one attached hydrogen (secondary N) is 1. The van der Waals surface area contributed by atoms with E-state index in [-0.39, 0.29) is 0 Å². The zero-order valence-corrected chi connectivity index (χ0v) is 9.19. The minimum absolute atomic E-state index is 0.470. The second-order valence-corrected chi connectivity index (χ2v) is 3.91. The third-order valence-electron chi connectivity index (χ3n) is 2.49. The normalized spacial score (nSPS) is 12.8. The van der Waals surface area contributed by atoms with Crippen LogP contribution in [-0.2, 0) is 6.42 Å². The van der Waals surface area contributed by atoms with Crippen molar-refractivity contribution in [2.45, 2.75) is 19.8 Å². The predicted octanol–water partition coefficient (Wildman–Crippen LogP) is 2.75. The highest BCUT2D eigenvalue weighted by atomic mass is 19.2. The van der Waals surface area contributed by atoms with E-state index in [1.807, 2.05) is 7.05 Å². The van der Waals surface area contributed by atoms with E-state index in [1.54, 1.807) is 12.1 Å². The Balaban J connectivity index is 2.54. The van der Waals surface area contributed by atoms with Gasteiger partial charge in [-0.1, -0.05) is 19.1 Å². The van der Waals surface area contributed by atoms with E-state index < -0.39 is 11.6 Å². The monoisotopic (exact) mass is 213 g/mol. The van der Waals surface area contributed by atoms with Gasteiger partial charge in [0.05, 0.1) is 0 Å². The lowest BCUT2D eigenvalue weighted by Gasteiger charge is -2.10. The smallest absolute Gasteiger partial charge is 0.162 e. The Bertz CT molecular complexity index is 312. The van der Waals surface area contributed by atoms with Gasteiger partial charge in [-0.2, -0.15) is 0 Å². The first-order valence-corrected chi connectivity index (χ1v) is 5.22. The molecule has 1 aromatic rings. The van der Waals surface area contributed by atoms with Crippen molar-refractivity contribution in [2.75, 3.05) is 13.6 Å². The number of aryl methyl sites for hydroxylation is 1. The fraction of sp³-hybridized carbons (Fsp3) is 0.500. The maximum Gasteiger partial charge on any atom is 0.162 e. The van der Waals surface area contributed by atoms with Gasteiger partial charge in [0.1, 0.15) is 0 Å². The Morgan fingerprint density at radius 1 is 1.33 bits per heavy atom. The molecule has 15 heavy (non-hydrogen) atoms. The molecule has 0 bridgehead atoms. The van der Waals surface area contributed by atoms with Crippen molar-refractivity contribution in [2.24, 2.45) is 5.92 Å². The highest BCUT2D eigenvalue weighted by Gasteiger charge is 2.08. The molecule has 0 fully saturated rings. The Morgan fingerprint density at radius 2 is 2.07 bits per heavy atom. The average molecular weight is 213 g/mol. The lowest BCUT2D eigenvalue weighted by Crippen LogP contribution is -2.16. The molecule has 1 N–H and O–H groups in total. The molecule has 0 aromatic heterocycles. The molecule has 1 atom stereocenters. The zero-order chi connectivity index (χ0) is 11.3. The quantitative estimate of drug-likeness (QED) is 0.793. The highest BCUT2D eigenvalue weighted by molar-refractivity contribution is 5.18. The van der Waals surface area contributed by atoms with Crippen LogP contribution in [0.15, 0.2) is 18.2 Å². The zero-order valence-electron chi connectivity index (χ0n) is 9.19. The second-order valence-electron chi connectivity index (χ2n) is 3.91. The first-order chi connectivity index (χ1) is 7.15. The average Bonchev–Trinajstić information content (AvgIpc) is 2.21. The van der Waals surface area contributed by atoms with Gasteiger partial charge in [0, 0.05) is 0 Å². The Morgan fingerprint density at radius 3 is 2.73 bits per heavy atom. The first-order valence-electron chi connectivity index (χ1n) is 5.22. The van der Waals surface area contributed by atoms with Crippen LogP contribution in [0.25, 0.3) is 0 Å². The SMILES string of the molecule is CNCC(C)CCc1cccc(F)c1F. The summed E-state index contributed by atoms with van der Waals surface area (Å²) in [6.07, 6.45) is 1.45. The summed E-state index contributed by atoms with van der Waals surface area (Å²) in [5.74, 6) is -0.986. The number of hydrogen-bond donors (Lipinski definition) is 1. The molecule has 0 aliphatic rings. The summed E-state index contributed by atoms with van der Waals surface area (Å²) in [6.45, 7) is 2.99. The maximum absolute atomic E-state index is 13.2. The van der Waals surface area contributed by atoms with Crippen molar-refractivity contribution in [1.29, 1.82) is 0 Å². The van der Waals surface area contributed by atoms with Gasteiger partial charge in [0.2, 0.25) is 0 Å². The molecule has 0 aliphatic heterocycles. The van der Waals surface area contributed by atoms with Crippen molar-refractivity contribution in [1.82, 2.24) is 5.32 Å². The summed E-state index contributed by atoms with van der Waals surface area (Å²) in [4.78, 5) is 0. The van der Waals surface area contributed by atoms with E-state index in [0.29, 0.717) is 17.9 Å². The van der Waals surface area contributed by atoms with E-state index in [9.17, 15) is 8.78 Å². The standard InChI is InChI=1S/C12H17F2N/c1-9(8-15-2)6-7-10-4-3-5-11(13)12(10)14/h3-5,9,15H,6-8H2,1-2H3. The van der Waals surface area contributed by atoms with Gasteiger partial charge in [0.25, 0.3) is 0 Å². The Labute approximate surface area is 89.5 Å². The molecule has 0 heterocycles. The fourth-order valence-electron chi connectivity index (χ4n) is 1.59. The molecule has 1 unspecified atom stereocenters. The molecule has 0 aliphatic carbocycles. The van der Waals surface area contributed by atoms with Gasteiger partial charge in [-0.25, -0.2) is 8.78 Å².